The van der Waals surface area contributed by atoms with Gasteiger partial charge in [0.15, 0.2) is 19.7 Å². The molecule has 8 aromatic heterocycles. The number of hydrogen-bond acceptors (Lipinski definition) is 8. The lowest BCUT2D eigenvalue weighted by Gasteiger charge is -2.34. The molecule has 12 aromatic carbocycles. The lowest BCUT2D eigenvalue weighted by Crippen LogP contribution is -2.74. The SMILES string of the molecule is c1ccc([Si](c2ccccc2)(c2ccc(-c3nc(-n4c5ccccc5c5ccccc54)nc(-n4c5ccccc5n5c6ccccc6nc45)n3)cc2)c2ccc(-c3nc(-n4c5ccccc5c5ccccc54)nc(-n4c5ccccc5n5c6ccccc6nc45)n3)cc2)cc1. The summed E-state index contributed by atoms with van der Waals surface area (Å²) in [5.41, 5.74) is 13.2. The van der Waals surface area contributed by atoms with Gasteiger partial charge in [-0.25, -0.2) is 19.1 Å². The summed E-state index contributed by atoms with van der Waals surface area (Å²) in [6.07, 6.45) is 0. The molecule has 0 aliphatic rings. The Morgan fingerprint density at radius 1 is 0.200 bits per heavy atom. The van der Waals surface area contributed by atoms with Crippen molar-refractivity contribution in [1.29, 1.82) is 0 Å². The van der Waals surface area contributed by atoms with Gasteiger partial charge in [-0.2, -0.15) is 29.9 Å². The van der Waals surface area contributed by atoms with Crippen LogP contribution < -0.4 is 20.7 Å². The van der Waals surface area contributed by atoms with Gasteiger partial charge in [-0.15, -0.1) is 0 Å². The number of rotatable bonds is 10. The molecule has 0 saturated heterocycles. The summed E-state index contributed by atoms with van der Waals surface area (Å²) in [5.74, 6) is 4.35. The lowest BCUT2D eigenvalue weighted by atomic mass is 10.2. The van der Waals surface area contributed by atoms with Gasteiger partial charge in [0.05, 0.1) is 66.2 Å². The third-order valence-corrected chi connectivity index (χ3v) is 23.8. The van der Waals surface area contributed by atoms with E-state index >= 15 is 0 Å². The number of aromatic nitrogens is 14. The molecule has 14 nitrogen and oxygen atoms in total. The average molecular weight is 1240 g/mol. The third-order valence-electron chi connectivity index (χ3n) is 19.0. The van der Waals surface area contributed by atoms with Crippen LogP contribution in [0.5, 0.6) is 0 Å². The summed E-state index contributed by atoms with van der Waals surface area (Å²) < 4.78 is 12.9. The molecule has 8 heterocycles. The molecule has 95 heavy (non-hydrogen) atoms. The second kappa shape index (κ2) is 20.5. The van der Waals surface area contributed by atoms with E-state index in [0.717, 1.165) is 98.9 Å². The van der Waals surface area contributed by atoms with E-state index in [2.05, 4.69) is 318 Å². The summed E-state index contributed by atoms with van der Waals surface area (Å²) in [4.78, 5) is 43.3. The molecule has 15 heteroatoms. The Kier molecular flexibility index (Phi) is 11.4. The quantitative estimate of drug-likeness (QED) is 0.0977. The van der Waals surface area contributed by atoms with Crippen LogP contribution in [0.4, 0.5) is 0 Å². The normalized spacial score (nSPS) is 12.2. The summed E-state index contributed by atoms with van der Waals surface area (Å²) in [5, 5.41) is 9.25. The van der Waals surface area contributed by atoms with Gasteiger partial charge >= 0.3 is 0 Å². The van der Waals surface area contributed by atoms with Gasteiger partial charge in [0.1, 0.15) is 0 Å². The minimum Gasteiger partial charge on any atom is -0.278 e. The number of nitrogens with zero attached hydrogens (tertiary/aromatic N) is 14. The van der Waals surface area contributed by atoms with E-state index in [0.29, 0.717) is 47.0 Å². The molecule has 0 amide bonds. The van der Waals surface area contributed by atoms with Crippen molar-refractivity contribution < 1.29 is 0 Å². The Hall–Kier alpha value is -13.0. The van der Waals surface area contributed by atoms with Crippen LogP contribution in [0, 0.1) is 0 Å². The zero-order valence-corrected chi connectivity index (χ0v) is 51.6. The minimum absolute atomic E-state index is 0.451. The zero-order chi connectivity index (χ0) is 62.3. The van der Waals surface area contributed by atoms with E-state index in [-0.39, 0.29) is 0 Å². The first kappa shape index (κ1) is 52.8. The Balaban J connectivity index is 0.780. The molecule has 20 aromatic rings. The van der Waals surface area contributed by atoms with Crippen molar-refractivity contribution in [2.45, 2.75) is 0 Å². The van der Waals surface area contributed by atoms with Crippen LogP contribution in [0.1, 0.15) is 0 Å². The van der Waals surface area contributed by atoms with Gasteiger partial charge in [0.25, 0.3) is 0 Å². The smallest absolute Gasteiger partial charge is 0.242 e. The molecular formula is C80H50N14Si. The van der Waals surface area contributed by atoms with Gasteiger partial charge in [-0.1, -0.05) is 231 Å². The number of hydrogen-bond donors (Lipinski definition) is 0. The molecular weight excluding hydrogens is 1190 g/mol. The molecule has 0 fully saturated rings. The number of para-hydroxylation sites is 12. The van der Waals surface area contributed by atoms with Crippen LogP contribution in [-0.2, 0) is 0 Å². The summed E-state index contributed by atoms with van der Waals surface area (Å²) in [6, 6.07) is 107. The minimum atomic E-state index is -3.19. The molecule has 0 bridgehead atoms. The van der Waals surface area contributed by atoms with E-state index in [1.807, 2.05) is 12.1 Å². The van der Waals surface area contributed by atoms with Crippen molar-refractivity contribution >= 4 is 128 Å². The van der Waals surface area contributed by atoms with Gasteiger partial charge in [0.2, 0.25) is 35.3 Å². The fraction of sp³-hybridized carbons (Fsp3) is 0. The predicted molar refractivity (Wildman–Crippen MR) is 383 cm³/mol. The second-order valence-electron chi connectivity index (χ2n) is 24.0. The first-order valence-corrected chi connectivity index (χ1v) is 33.7. The van der Waals surface area contributed by atoms with Crippen LogP contribution in [0.15, 0.2) is 303 Å². The largest absolute Gasteiger partial charge is 0.278 e. The summed E-state index contributed by atoms with van der Waals surface area (Å²) in [6.45, 7) is 0. The topological polar surface area (TPSA) is 132 Å². The maximum absolute atomic E-state index is 5.47. The third kappa shape index (κ3) is 7.78. The molecule has 0 aliphatic heterocycles. The maximum atomic E-state index is 5.47. The number of benzene rings is 12. The molecule has 0 N–H and O–H groups in total. The second-order valence-corrected chi connectivity index (χ2v) is 27.8. The van der Waals surface area contributed by atoms with Crippen molar-refractivity contribution in [2.24, 2.45) is 0 Å². The van der Waals surface area contributed by atoms with Crippen molar-refractivity contribution in [3.63, 3.8) is 0 Å². The Morgan fingerprint density at radius 2 is 0.474 bits per heavy atom. The van der Waals surface area contributed by atoms with E-state index in [4.69, 9.17) is 39.9 Å². The van der Waals surface area contributed by atoms with Gasteiger partial charge < -0.3 is 0 Å². The highest BCUT2D eigenvalue weighted by Gasteiger charge is 2.42. The molecule has 0 saturated carbocycles. The van der Waals surface area contributed by atoms with Crippen LogP contribution >= 0.6 is 0 Å². The molecule has 20 rings (SSSR count). The van der Waals surface area contributed by atoms with E-state index in [9.17, 15) is 0 Å². The van der Waals surface area contributed by atoms with Gasteiger partial charge in [-0.3, -0.25) is 17.9 Å². The lowest BCUT2D eigenvalue weighted by molar-refractivity contribution is 0.884. The van der Waals surface area contributed by atoms with E-state index < -0.39 is 8.07 Å². The predicted octanol–water partition coefficient (Wildman–Crippen LogP) is 14.5. The summed E-state index contributed by atoms with van der Waals surface area (Å²) >= 11 is 0. The first-order valence-electron chi connectivity index (χ1n) is 31.7. The molecule has 444 valence electrons. The van der Waals surface area contributed by atoms with Crippen LogP contribution in [0.3, 0.4) is 0 Å². The number of fused-ring (bicyclic) bond motifs is 16. The fourth-order valence-corrected chi connectivity index (χ4v) is 19.6. The van der Waals surface area contributed by atoms with Crippen LogP contribution in [-0.4, -0.2) is 75.0 Å². The van der Waals surface area contributed by atoms with Crippen molar-refractivity contribution in [3.8, 4) is 46.6 Å². The average Bonchev–Trinajstić information content (AvgIpc) is 1.73. The van der Waals surface area contributed by atoms with Gasteiger partial charge in [0, 0.05) is 32.7 Å². The zero-order valence-electron chi connectivity index (χ0n) is 50.6. The van der Waals surface area contributed by atoms with E-state index in [1.165, 1.54) is 20.7 Å². The summed E-state index contributed by atoms with van der Waals surface area (Å²) in [7, 11) is -3.19. The Bertz CT molecular complexity index is 5980. The molecule has 0 unspecified atom stereocenters. The molecule has 0 aliphatic carbocycles. The Morgan fingerprint density at radius 3 is 0.832 bits per heavy atom. The standard InChI is InChI=1S/C80H50N14Si/c1-3-23-53(24-4-1)95(54-25-5-2-6-26-54,55-47-43-51(44-48-55)73-83-75(89-63-33-13-7-27-57(63)58-28-8-14-34-64(58)89)87-77(85-73)93-71-41-21-19-39-69(71)91-67-37-17-11-31-61(67)81-79(91)93)56-49-45-52(46-50-56)74-84-76(90-65-35-15-9-29-59(65)60-30-10-16-36-66(60)90)88-78(86-74)94-72-42-22-20-40-70(72)92-68-38-18-12-32-62(68)82-80(92)94/h1-50H. The molecule has 0 radical (unpaired) electrons. The first-order chi connectivity index (χ1) is 47.1. The maximum Gasteiger partial charge on any atom is 0.242 e. The highest BCUT2D eigenvalue weighted by atomic mass is 28.3. The van der Waals surface area contributed by atoms with E-state index in [1.54, 1.807) is 0 Å². The highest BCUT2D eigenvalue weighted by molar-refractivity contribution is 7.19. The fourth-order valence-electron chi connectivity index (χ4n) is 14.9. The van der Waals surface area contributed by atoms with Crippen molar-refractivity contribution in [3.05, 3.63) is 303 Å². The number of imidazole rings is 4. The Labute approximate surface area is 541 Å². The molecule has 0 atom stereocenters. The monoisotopic (exact) mass is 1230 g/mol. The van der Waals surface area contributed by atoms with Crippen LogP contribution in [0.2, 0.25) is 0 Å². The van der Waals surface area contributed by atoms with Crippen LogP contribution in [0.25, 0.3) is 146 Å². The van der Waals surface area contributed by atoms with Crippen molar-refractivity contribution in [2.75, 3.05) is 0 Å². The van der Waals surface area contributed by atoms with Gasteiger partial charge in [-0.05, 0) is 93.5 Å². The highest BCUT2D eigenvalue weighted by Crippen LogP contribution is 2.37. The van der Waals surface area contributed by atoms with Crippen molar-refractivity contribution in [1.82, 2.24) is 66.9 Å². The molecule has 0 spiro atoms.